The van der Waals surface area contributed by atoms with Crippen LogP contribution in [0.25, 0.3) is 0 Å². The van der Waals surface area contributed by atoms with Gasteiger partial charge in [0.15, 0.2) is 0 Å². The Morgan fingerprint density at radius 1 is 1.24 bits per heavy atom. The van der Waals surface area contributed by atoms with Gasteiger partial charge in [0.25, 0.3) is 0 Å². The molecule has 5 nitrogen and oxygen atoms in total. The fourth-order valence-corrected chi connectivity index (χ4v) is 1.35. The number of nitrogens with one attached hydrogen (secondary N) is 1. The monoisotopic (exact) mass is 249 g/mol. The molecule has 0 saturated heterocycles. The third kappa shape index (κ3) is 10.7. The van der Waals surface area contributed by atoms with Crippen LogP contribution in [0.15, 0.2) is 0 Å². The fourth-order valence-electron chi connectivity index (χ4n) is 1.35. The Hall–Kier alpha value is -0.200. The van der Waals surface area contributed by atoms with Gasteiger partial charge in [0, 0.05) is 25.8 Å². The van der Waals surface area contributed by atoms with E-state index < -0.39 is 6.10 Å². The van der Waals surface area contributed by atoms with Crippen molar-refractivity contribution in [3.63, 3.8) is 0 Å². The van der Waals surface area contributed by atoms with E-state index in [1.807, 2.05) is 20.8 Å². The minimum absolute atomic E-state index is 0.138. The largest absolute Gasteiger partial charge is 0.389 e. The molecule has 0 aromatic rings. The minimum atomic E-state index is -0.507. The van der Waals surface area contributed by atoms with E-state index in [0.717, 1.165) is 0 Å². The molecule has 0 aliphatic heterocycles. The normalized spacial score (nSPS) is 13.9. The summed E-state index contributed by atoms with van der Waals surface area (Å²) in [5, 5.41) is 12.9. The molecule has 5 heteroatoms. The summed E-state index contributed by atoms with van der Waals surface area (Å²) in [5.41, 5.74) is -0.138. The number of hydrogen-bond acceptors (Lipinski definition) is 5. The number of aliphatic hydroxyl groups is 1. The average molecular weight is 249 g/mol. The van der Waals surface area contributed by atoms with E-state index in [-0.39, 0.29) is 5.54 Å². The molecule has 0 aromatic heterocycles. The molecule has 1 atom stereocenters. The topological polar surface area (TPSA) is 60.0 Å². The molecule has 0 amide bonds. The van der Waals surface area contributed by atoms with Crippen molar-refractivity contribution in [1.29, 1.82) is 0 Å². The first-order valence-corrected chi connectivity index (χ1v) is 6.09. The fraction of sp³-hybridized carbons (Fsp3) is 1.00. The lowest BCUT2D eigenvalue weighted by molar-refractivity contribution is 0.00276. The zero-order chi connectivity index (χ0) is 13.1. The minimum Gasteiger partial charge on any atom is -0.389 e. The Labute approximate surface area is 104 Å². The van der Waals surface area contributed by atoms with E-state index in [9.17, 15) is 5.11 Å². The predicted molar refractivity (Wildman–Crippen MR) is 67.3 cm³/mol. The molecule has 0 fully saturated rings. The molecule has 0 heterocycles. The molecule has 1 unspecified atom stereocenters. The second-order valence-electron chi connectivity index (χ2n) is 4.62. The number of methoxy groups -OCH3 is 1. The number of ether oxygens (including phenoxy) is 3. The first kappa shape index (κ1) is 16.8. The molecular formula is C12H27NO4. The lowest BCUT2D eigenvalue weighted by Crippen LogP contribution is -2.47. The van der Waals surface area contributed by atoms with Crippen molar-refractivity contribution in [2.45, 2.75) is 32.4 Å². The summed E-state index contributed by atoms with van der Waals surface area (Å²) in [7, 11) is 1.66. The smallest absolute Gasteiger partial charge is 0.0897 e. The number of hydrogen-bond donors (Lipinski definition) is 2. The van der Waals surface area contributed by atoms with Crippen LogP contribution in [0.2, 0.25) is 0 Å². The lowest BCUT2D eigenvalue weighted by Gasteiger charge is -2.26. The third-order valence-corrected chi connectivity index (χ3v) is 2.21. The van der Waals surface area contributed by atoms with Gasteiger partial charge >= 0.3 is 0 Å². The Kier molecular flexibility index (Phi) is 9.68. The van der Waals surface area contributed by atoms with Crippen molar-refractivity contribution in [2.75, 3.05) is 46.7 Å². The molecule has 104 valence electrons. The standard InChI is InChI=1S/C12H27NO4/c1-5-16-6-7-17-9-11(14)8-13-12(2,3)10-15-4/h11,13-14H,5-10H2,1-4H3. The van der Waals surface area contributed by atoms with Gasteiger partial charge in [-0.15, -0.1) is 0 Å². The number of rotatable bonds is 11. The van der Waals surface area contributed by atoms with Crippen molar-refractivity contribution in [2.24, 2.45) is 0 Å². The summed E-state index contributed by atoms with van der Waals surface area (Å²) in [4.78, 5) is 0. The highest BCUT2D eigenvalue weighted by Gasteiger charge is 2.18. The van der Waals surface area contributed by atoms with Crippen molar-refractivity contribution < 1.29 is 19.3 Å². The van der Waals surface area contributed by atoms with Crippen LogP contribution in [0.1, 0.15) is 20.8 Å². The van der Waals surface area contributed by atoms with Gasteiger partial charge < -0.3 is 24.6 Å². The van der Waals surface area contributed by atoms with Crippen LogP contribution in [-0.2, 0) is 14.2 Å². The summed E-state index contributed by atoms with van der Waals surface area (Å²) >= 11 is 0. The molecule has 17 heavy (non-hydrogen) atoms. The second kappa shape index (κ2) is 9.79. The van der Waals surface area contributed by atoms with Gasteiger partial charge in [0.2, 0.25) is 0 Å². The van der Waals surface area contributed by atoms with Gasteiger partial charge in [-0.3, -0.25) is 0 Å². The second-order valence-corrected chi connectivity index (χ2v) is 4.62. The van der Waals surface area contributed by atoms with Crippen molar-refractivity contribution in [3.8, 4) is 0 Å². The highest BCUT2D eigenvalue weighted by atomic mass is 16.5. The van der Waals surface area contributed by atoms with E-state index in [4.69, 9.17) is 14.2 Å². The predicted octanol–water partition coefficient (Wildman–Crippen LogP) is 0.415. The quantitative estimate of drug-likeness (QED) is 0.520. The Morgan fingerprint density at radius 3 is 2.47 bits per heavy atom. The SMILES string of the molecule is CCOCCOCC(O)CNC(C)(C)COC. The van der Waals surface area contributed by atoms with Crippen molar-refractivity contribution >= 4 is 0 Å². The van der Waals surface area contributed by atoms with Crippen molar-refractivity contribution in [3.05, 3.63) is 0 Å². The van der Waals surface area contributed by atoms with E-state index in [0.29, 0.717) is 39.6 Å². The average Bonchev–Trinajstić information content (AvgIpc) is 2.26. The van der Waals surface area contributed by atoms with Crippen LogP contribution >= 0.6 is 0 Å². The first-order valence-electron chi connectivity index (χ1n) is 6.09. The van der Waals surface area contributed by atoms with E-state index in [2.05, 4.69) is 5.32 Å². The molecular weight excluding hydrogens is 222 g/mol. The molecule has 0 saturated carbocycles. The number of β-amino-alcohol motifs (C(OH)–C–C–N with tert-alkyl or cyclic N) is 1. The maximum atomic E-state index is 9.67. The molecule has 0 spiro atoms. The van der Waals surface area contributed by atoms with E-state index >= 15 is 0 Å². The molecule has 0 aliphatic carbocycles. The zero-order valence-corrected chi connectivity index (χ0v) is 11.5. The number of aliphatic hydroxyl groups excluding tert-OH is 1. The van der Waals surface area contributed by atoms with Crippen LogP contribution in [0.5, 0.6) is 0 Å². The molecule has 0 bridgehead atoms. The first-order chi connectivity index (χ1) is 8.02. The summed E-state index contributed by atoms with van der Waals surface area (Å²) < 4.78 is 15.5. The van der Waals surface area contributed by atoms with Crippen LogP contribution < -0.4 is 5.32 Å². The van der Waals surface area contributed by atoms with E-state index in [1.165, 1.54) is 0 Å². The molecule has 2 N–H and O–H groups in total. The Morgan fingerprint density at radius 2 is 1.88 bits per heavy atom. The molecule has 0 aromatic carbocycles. The Balaban J connectivity index is 3.48. The highest BCUT2D eigenvalue weighted by Crippen LogP contribution is 2.01. The molecule has 0 rings (SSSR count). The zero-order valence-electron chi connectivity index (χ0n) is 11.5. The third-order valence-electron chi connectivity index (χ3n) is 2.21. The van der Waals surface area contributed by atoms with Crippen LogP contribution in [-0.4, -0.2) is 63.4 Å². The highest BCUT2D eigenvalue weighted by molar-refractivity contribution is 4.78. The van der Waals surface area contributed by atoms with Gasteiger partial charge in [-0.25, -0.2) is 0 Å². The maximum Gasteiger partial charge on any atom is 0.0897 e. The van der Waals surface area contributed by atoms with E-state index in [1.54, 1.807) is 7.11 Å². The van der Waals surface area contributed by atoms with Gasteiger partial charge in [-0.05, 0) is 20.8 Å². The van der Waals surface area contributed by atoms with Gasteiger partial charge in [-0.1, -0.05) is 0 Å². The Bertz CT molecular complexity index is 176. The molecule has 0 aliphatic rings. The van der Waals surface area contributed by atoms with Crippen LogP contribution in [0.4, 0.5) is 0 Å². The van der Waals surface area contributed by atoms with Crippen LogP contribution in [0, 0.1) is 0 Å². The lowest BCUT2D eigenvalue weighted by atomic mass is 10.1. The molecule has 0 radical (unpaired) electrons. The van der Waals surface area contributed by atoms with Gasteiger partial charge in [0.1, 0.15) is 0 Å². The van der Waals surface area contributed by atoms with Gasteiger partial charge in [0.05, 0.1) is 32.5 Å². The summed E-state index contributed by atoms with van der Waals surface area (Å²) in [6.45, 7) is 9.20. The summed E-state index contributed by atoms with van der Waals surface area (Å²) in [6, 6.07) is 0. The maximum absolute atomic E-state index is 9.67. The van der Waals surface area contributed by atoms with Crippen molar-refractivity contribution in [1.82, 2.24) is 5.32 Å². The van der Waals surface area contributed by atoms with Crippen LogP contribution in [0.3, 0.4) is 0 Å². The summed E-state index contributed by atoms with van der Waals surface area (Å²) in [5.74, 6) is 0. The summed E-state index contributed by atoms with van der Waals surface area (Å²) in [6.07, 6.45) is -0.507. The van der Waals surface area contributed by atoms with Gasteiger partial charge in [-0.2, -0.15) is 0 Å².